The second-order valence-electron chi connectivity index (χ2n) is 8.11. The molecule has 3 aromatic carbocycles. The van der Waals surface area contributed by atoms with Crippen molar-refractivity contribution in [2.45, 2.75) is 6.92 Å². The Morgan fingerprint density at radius 1 is 0.943 bits per heavy atom. The number of hydrogen-bond donors (Lipinski definition) is 3. The van der Waals surface area contributed by atoms with E-state index in [1.165, 1.54) is 11.2 Å². The van der Waals surface area contributed by atoms with Gasteiger partial charge < -0.3 is 16.0 Å². The second-order valence-corrected chi connectivity index (χ2v) is 10.0. The summed E-state index contributed by atoms with van der Waals surface area (Å²) in [5, 5.41) is 8.89. The van der Waals surface area contributed by atoms with Gasteiger partial charge in [-0.15, -0.1) is 0 Å². The highest BCUT2D eigenvalue weighted by molar-refractivity contribution is 7.92. The molecule has 1 aliphatic heterocycles. The number of amides is 2. The Balaban J connectivity index is 1.68. The van der Waals surface area contributed by atoms with E-state index in [0.717, 1.165) is 23.1 Å². The number of rotatable bonds is 8. The van der Waals surface area contributed by atoms with Crippen LogP contribution in [0.25, 0.3) is 11.3 Å². The molecule has 0 unspecified atom stereocenters. The molecule has 0 aliphatic carbocycles. The molecular weight excluding hydrogens is 464 g/mol. The number of fused-ring (bicyclic) bond motifs is 1. The Bertz CT molecular complexity index is 1380. The number of carbonyl (C=O) groups is 2. The molecule has 3 aromatic rings. The van der Waals surface area contributed by atoms with Gasteiger partial charge in [0.25, 0.3) is 5.91 Å². The standard InChI is InChI=1S/C26H26N4O4S/c1-18(31)27-16-17-30(35(2,33)34)21-14-12-20(13-15-21)28-25(19-8-4-3-5-9-19)24-22-10-6-7-11-23(22)29-26(24)32/h3-15,28H,16-17H2,1-2H3,(H,27,31)(H,29,32)/b25-24-. The molecule has 180 valence electrons. The predicted octanol–water partition coefficient (Wildman–Crippen LogP) is 3.52. The lowest BCUT2D eigenvalue weighted by Gasteiger charge is -2.23. The van der Waals surface area contributed by atoms with Crippen LogP contribution in [-0.4, -0.2) is 39.6 Å². The van der Waals surface area contributed by atoms with Gasteiger partial charge in [-0.3, -0.25) is 13.9 Å². The average Bonchev–Trinajstić information content (AvgIpc) is 3.16. The molecule has 9 heteroatoms. The number of nitrogens with one attached hydrogen (secondary N) is 3. The number of carbonyl (C=O) groups excluding carboxylic acids is 2. The minimum absolute atomic E-state index is 0.113. The number of sulfonamides is 1. The fourth-order valence-electron chi connectivity index (χ4n) is 3.92. The third kappa shape index (κ3) is 5.52. The fourth-order valence-corrected chi connectivity index (χ4v) is 4.85. The summed E-state index contributed by atoms with van der Waals surface area (Å²) in [6, 6.07) is 24.0. The topological polar surface area (TPSA) is 108 Å². The first-order chi connectivity index (χ1) is 16.7. The molecule has 1 aliphatic rings. The third-order valence-corrected chi connectivity index (χ3v) is 6.69. The summed E-state index contributed by atoms with van der Waals surface area (Å²) < 4.78 is 25.9. The first kappa shape index (κ1) is 24.0. The van der Waals surface area contributed by atoms with Gasteiger partial charge in [0.15, 0.2) is 0 Å². The summed E-state index contributed by atoms with van der Waals surface area (Å²) in [4.78, 5) is 24.1. The van der Waals surface area contributed by atoms with Crippen LogP contribution in [0.15, 0.2) is 78.9 Å². The van der Waals surface area contributed by atoms with Crippen LogP contribution in [0.4, 0.5) is 17.1 Å². The zero-order valence-corrected chi connectivity index (χ0v) is 20.2. The molecule has 35 heavy (non-hydrogen) atoms. The maximum absolute atomic E-state index is 12.9. The molecule has 0 spiro atoms. The zero-order chi connectivity index (χ0) is 25.0. The van der Waals surface area contributed by atoms with E-state index >= 15 is 0 Å². The molecule has 2 amide bonds. The van der Waals surface area contributed by atoms with E-state index in [2.05, 4.69) is 16.0 Å². The lowest BCUT2D eigenvalue weighted by atomic mass is 10.00. The van der Waals surface area contributed by atoms with Crippen LogP contribution >= 0.6 is 0 Å². The van der Waals surface area contributed by atoms with Gasteiger partial charge in [-0.05, 0) is 35.9 Å². The highest BCUT2D eigenvalue weighted by atomic mass is 32.2. The van der Waals surface area contributed by atoms with Crippen molar-refractivity contribution < 1.29 is 18.0 Å². The minimum atomic E-state index is -3.55. The van der Waals surface area contributed by atoms with Crippen LogP contribution in [0.2, 0.25) is 0 Å². The number of hydrogen-bond acceptors (Lipinski definition) is 5. The maximum Gasteiger partial charge on any atom is 0.258 e. The first-order valence-electron chi connectivity index (χ1n) is 11.0. The van der Waals surface area contributed by atoms with Crippen molar-refractivity contribution in [2.24, 2.45) is 0 Å². The van der Waals surface area contributed by atoms with E-state index < -0.39 is 10.0 Å². The molecule has 0 saturated heterocycles. The molecule has 0 saturated carbocycles. The predicted molar refractivity (Wildman–Crippen MR) is 139 cm³/mol. The van der Waals surface area contributed by atoms with Crippen LogP contribution in [0.5, 0.6) is 0 Å². The van der Waals surface area contributed by atoms with Gasteiger partial charge in [0, 0.05) is 30.4 Å². The summed E-state index contributed by atoms with van der Waals surface area (Å²) >= 11 is 0. The molecule has 1 heterocycles. The fraction of sp³-hybridized carbons (Fsp3) is 0.154. The summed E-state index contributed by atoms with van der Waals surface area (Å²) in [5.41, 5.74) is 4.73. The Morgan fingerprint density at radius 2 is 1.60 bits per heavy atom. The Morgan fingerprint density at radius 3 is 2.26 bits per heavy atom. The molecule has 0 radical (unpaired) electrons. The van der Waals surface area contributed by atoms with Crippen molar-refractivity contribution in [1.29, 1.82) is 0 Å². The molecule has 0 atom stereocenters. The van der Waals surface area contributed by atoms with Gasteiger partial charge in [0.05, 0.1) is 29.8 Å². The van der Waals surface area contributed by atoms with Crippen molar-refractivity contribution in [2.75, 3.05) is 34.3 Å². The summed E-state index contributed by atoms with van der Waals surface area (Å²) in [6.45, 7) is 1.69. The average molecular weight is 491 g/mol. The van der Waals surface area contributed by atoms with Gasteiger partial charge in [0.2, 0.25) is 15.9 Å². The first-order valence-corrected chi connectivity index (χ1v) is 12.9. The quantitative estimate of drug-likeness (QED) is 0.419. The van der Waals surface area contributed by atoms with Crippen LogP contribution in [0, 0.1) is 0 Å². The number of benzene rings is 3. The highest BCUT2D eigenvalue weighted by Crippen LogP contribution is 2.37. The van der Waals surface area contributed by atoms with Gasteiger partial charge >= 0.3 is 0 Å². The molecule has 3 N–H and O–H groups in total. The van der Waals surface area contributed by atoms with Crippen molar-refractivity contribution in [3.8, 4) is 0 Å². The molecule has 0 fully saturated rings. The summed E-state index contributed by atoms with van der Waals surface area (Å²) in [5.74, 6) is -0.424. The van der Waals surface area contributed by atoms with Gasteiger partial charge in [-0.2, -0.15) is 0 Å². The van der Waals surface area contributed by atoms with Crippen molar-refractivity contribution >= 4 is 50.2 Å². The lowest BCUT2D eigenvalue weighted by molar-refractivity contribution is -0.118. The van der Waals surface area contributed by atoms with Gasteiger partial charge in [0.1, 0.15) is 0 Å². The second kappa shape index (κ2) is 10.0. The van der Waals surface area contributed by atoms with Crippen LogP contribution in [0.1, 0.15) is 18.1 Å². The number of anilines is 3. The van der Waals surface area contributed by atoms with Gasteiger partial charge in [-0.1, -0.05) is 48.5 Å². The van der Waals surface area contributed by atoms with Crippen molar-refractivity contribution in [3.63, 3.8) is 0 Å². The summed E-state index contributed by atoms with van der Waals surface area (Å²) in [6.07, 6.45) is 1.13. The number of para-hydroxylation sites is 1. The van der Waals surface area contributed by atoms with Gasteiger partial charge in [-0.25, -0.2) is 8.42 Å². The maximum atomic E-state index is 12.9. The SMILES string of the molecule is CC(=O)NCCN(c1ccc(N/C(=C2\C(=O)Nc3ccccc32)c2ccccc2)cc1)S(C)(=O)=O. The Labute approximate surface area is 204 Å². The lowest BCUT2D eigenvalue weighted by Crippen LogP contribution is -2.37. The molecule has 0 bridgehead atoms. The van der Waals surface area contributed by atoms with E-state index in [-0.39, 0.29) is 24.9 Å². The molecular formula is C26H26N4O4S. The van der Waals surface area contributed by atoms with E-state index in [4.69, 9.17) is 0 Å². The Kier molecular flexibility index (Phi) is 6.88. The van der Waals surface area contributed by atoms with E-state index in [0.29, 0.717) is 22.6 Å². The van der Waals surface area contributed by atoms with E-state index in [1.54, 1.807) is 24.3 Å². The third-order valence-electron chi connectivity index (χ3n) is 5.50. The number of nitrogens with zero attached hydrogens (tertiary/aromatic N) is 1. The van der Waals surface area contributed by atoms with E-state index in [1.807, 2.05) is 54.6 Å². The highest BCUT2D eigenvalue weighted by Gasteiger charge is 2.28. The Hall–Kier alpha value is -4.11. The molecule has 0 aromatic heterocycles. The van der Waals surface area contributed by atoms with E-state index in [9.17, 15) is 18.0 Å². The molecule has 8 nitrogen and oxygen atoms in total. The largest absolute Gasteiger partial charge is 0.355 e. The minimum Gasteiger partial charge on any atom is -0.355 e. The van der Waals surface area contributed by atoms with Crippen LogP contribution in [0.3, 0.4) is 0 Å². The molecule has 4 rings (SSSR count). The zero-order valence-electron chi connectivity index (χ0n) is 19.4. The normalized spacial score (nSPS) is 14.1. The monoisotopic (exact) mass is 490 g/mol. The van der Waals surface area contributed by atoms with Crippen molar-refractivity contribution in [1.82, 2.24) is 5.32 Å². The summed E-state index contributed by atoms with van der Waals surface area (Å²) in [7, 11) is -3.55. The van der Waals surface area contributed by atoms with Crippen LogP contribution in [-0.2, 0) is 19.6 Å². The van der Waals surface area contributed by atoms with Crippen molar-refractivity contribution in [3.05, 3.63) is 90.0 Å². The van der Waals surface area contributed by atoms with Crippen LogP contribution < -0.4 is 20.3 Å². The smallest absolute Gasteiger partial charge is 0.258 e.